The van der Waals surface area contributed by atoms with Gasteiger partial charge in [-0.1, -0.05) is 12.1 Å². The summed E-state index contributed by atoms with van der Waals surface area (Å²) in [5.41, 5.74) is 1.07. The Kier molecular flexibility index (Phi) is 4.55. The topological polar surface area (TPSA) is 32.3 Å². The molecule has 0 aromatic heterocycles. The summed E-state index contributed by atoms with van der Waals surface area (Å²) < 4.78 is 1.05. The normalized spacial score (nSPS) is 22.0. The minimum absolute atomic E-state index is 0.175. The van der Waals surface area contributed by atoms with E-state index in [0.29, 0.717) is 5.92 Å². The zero-order valence-corrected chi connectivity index (χ0v) is 11.4. The molecule has 1 aromatic carbocycles. The van der Waals surface area contributed by atoms with Crippen LogP contribution < -0.4 is 5.32 Å². The Labute approximate surface area is 109 Å². The van der Waals surface area contributed by atoms with Crippen LogP contribution in [-0.4, -0.2) is 29.3 Å². The van der Waals surface area contributed by atoms with Gasteiger partial charge in [0.15, 0.2) is 0 Å². The van der Waals surface area contributed by atoms with E-state index in [2.05, 4.69) is 21.2 Å². The number of hydrogen-bond acceptors (Lipinski definition) is 3. The number of nitrogens with one attached hydrogen (secondary N) is 1. The third-order valence-corrected chi connectivity index (χ3v) is 4.83. The Bertz CT molecular complexity index is 342. The zero-order valence-electron chi connectivity index (χ0n) is 9.03. The Morgan fingerprint density at radius 3 is 2.94 bits per heavy atom. The maximum Gasteiger partial charge on any atom is 0.0635 e. The second kappa shape index (κ2) is 5.94. The summed E-state index contributed by atoms with van der Waals surface area (Å²) in [5, 5.41) is 12.9. The van der Waals surface area contributed by atoms with Crippen LogP contribution in [0.25, 0.3) is 0 Å². The summed E-state index contributed by atoms with van der Waals surface area (Å²) in [6.45, 7) is 0.201. The fourth-order valence-electron chi connectivity index (χ4n) is 1.96. The molecule has 0 spiro atoms. The molecule has 1 aliphatic rings. The lowest BCUT2D eigenvalue weighted by molar-refractivity contribution is 0.245. The second-order valence-electron chi connectivity index (χ2n) is 4.04. The smallest absolute Gasteiger partial charge is 0.0635 e. The van der Waals surface area contributed by atoms with Crippen molar-refractivity contribution in [2.24, 2.45) is 5.92 Å². The first kappa shape index (κ1) is 12.3. The molecule has 0 radical (unpaired) electrons. The summed E-state index contributed by atoms with van der Waals surface area (Å²) in [4.78, 5) is 0. The van der Waals surface area contributed by atoms with Crippen LogP contribution in [0, 0.1) is 5.92 Å². The number of thioether (sulfide) groups is 1. The van der Waals surface area contributed by atoms with Crippen LogP contribution in [0.3, 0.4) is 0 Å². The average molecular weight is 302 g/mol. The van der Waals surface area contributed by atoms with Crippen LogP contribution in [0.1, 0.15) is 6.42 Å². The zero-order chi connectivity index (χ0) is 11.4. The van der Waals surface area contributed by atoms with Crippen molar-refractivity contribution in [3.63, 3.8) is 0 Å². The van der Waals surface area contributed by atoms with Gasteiger partial charge < -0.3 is 10.4 Å². The first-order chi connectivity index (χ1) is 7.81. The molecule has 1 aliphatic heterocycles. The number of aliphatic hydroxyl groups excluding tert-OH is 1. The highest BCUT2D eigenvalue weighted by Gasteiger charge is 2.25. The van der Waals surface area contributed by atoms with E-state index in [4.69, 9.17) is 0 Å². The predicted molar refractivity (Wildman–Crippen MR) is 74.1 cm³/mol. The van der Waals surface area contributed by atoms with E-state index in [1.807, 2.05) is 36.0 Å². The van der Waals surface area contributed by atoms with E-state index in [0.717, 1.165) is 15.9 Å². The van der Waals surface area contributed by atoms with Gasteiger partial charge in [0.25, 0.3) is 0 Å². The molecule has 1 heterocycles. The number of benzene rings is 1. The predicted octanol–water partition coefficient (Wildman–Crippen LogP) is 2.98. The Balaban J connectivity index is 2.03. The molecule has 1 saturated heterocycles. The molecule has 0 bridgehead atoms. The van der Waals surface area contributed by atoms with E-state index < -0.39 is 0 Å². The molecule has 2 atom stereocenters. The highest BCUT2D eigenvalue weighted by molar-refractivity contribution is 9.10. The highest BCUT2D eigenvalue weighted by atomic mass is 79.9. The second-order valence-corrected chi connectivity index (χ2v) is 6.04. The maximum absolute atomic E-state index is 9.45. The third kappa shape index (κ3) is 2.93. The quantitative estimate of drug-likeness (QED) is 0.897. The lowest BCUT2D eigenvalue weighted by Gasteiger charge is -2.23. The van der Waals surface area contributed by atoms with Gasteiger partial charge in [-0.2, -0.15) is 11.8 Å². The van der Waals surface area contributed by atoms with Gasteiger partial charge in [0.05, 0.1) is 12.6 Å². The van der Waals surface area contributed by atoms with Gasteiger partial charge in [-0.05, 0) is 51.9 Å². The summed E-state index contributed by atoms with van der Waals surface area (Å²) in [5.74, 6) is 2.96. The summed E-state index contributed by atoms with van der Waals surface area (Å²) in [6.07, 6.45) is 1.20. The van der Waals surface area contributed by atoms with Crippen molar-refractivity contribution in [2.75, 3.05) is 23.4 Å². The van der Waals surface area contributed by atoms with Crippen molar-refractivity contribution in [1.82, 2.24) is 0 Å². The molecule has 2 N–H and O–H groups in total. The van der Waals surface area contributed by atoms with Crippen molar-refractivity contribution in [1.29, 1.82) is 0 Å². The van der Waals surface area contributed by atoms with Gasteiger partial charge in [-0.3, -0.25) is 0 Å². The van der Waals surface area contributed by atoms with Crippen LogP contribution in [-0.2, 0) is 0 Å². The van der Waals surface area contributed by atoms with Crippen LogP contribution in [0.2, 0.25) is 0 Å². The van der Waals surface area contributed by atoms with E-state index >= 15 is 0 Å². The summed E-state index contributed by atoms with van der Waals surface area (Å²) in [6, 6.07) is 8.22. The molecule has 0 aliphatic carbocycles. The average Bonchev–Trinajstić information content (AvgIpc) is 2.81. The minimum atomic E-state index is 0.175. The molecule has 16 heavy (non-hydrogen) atoms. The maximum atomic E-state index is 9.45. The molecule has 2 nitrogen and oxygen atoms in total. The van der Waals surface area contributed by atoms with Gasteiger partial charge in [0.1, 0.15) is 0 Å². The highest BCUT2D eigenvalue weighted by Crippen LogP contribution is 2.29. The number of aliphatic hydroxyl groups is 1. The lowest BCUT2D eigenvalue weighted by atomic mass is 9.99. The number of para-hydroxylation sites is 1. The lowest BCUT2D eigenvalue weighted by Crippen LogP contribution is -2.32. The van der Waals surface area contributed by atoms with E-state index in [1.165, 1.54) is 12.2 Å². The minimum Gasteiger partial charge on any atom is -0.394 e. The number of halogens is 1. The SMILES string of the molecule is OCC(Nc1ccccc1Br)C1CCSC1. The molecule has 1 fully saturated rings. The molecular weight excluding hydrogens is 286 g/mol. The van der Waals surface area contributed by atoms with E-state index in [9.17, 15) is 5.11 Å². The van der Waals surface area contributed by atoms with Gasteiger partial charge in [0.2, 0.25) is 0 Å². The molecule has 4 heteroatoms. The molecule has 2 rings (SSSR count). The van der Waals surface area contributed by atoms with Crippen molar-refractivity contribution in [3.8, 4) is 0 Å². The molecule has 2 unspecified atom stereocenters. The van der Waals surface area contributed by atoms with Crippen LogP contribution in [0.15, 0.2) is 28.7 Å². The molecule has 0 saturated carbocycles. The number of rotatable bonds is 4. The number of anilines is 1. The van der Waals surface area contributed by atoms with Gasteiger partial charge in [0, 0.05) is 10.2 Å². The van der Waals surface area contributed by atoms with E-state index in [-0.39, 0.29) is 12.6 Å². The Hall–Kier alpha value is -0.190. The van der Waals surface area contributed by atoms with Gasteiger partial charge >= 0.3 is 0 Å². The van der Waals surface area contributed by atoms with Gasteiger partial charge in [-0.25, -0.2) is 0 Å². The fraction of sp³-hybridized carbons (Fsp3) is 0.500. The monoisotopic (exact) mass is 301 g/mol. The molecule has 88 valence electrons. The molecule has 0 amide bonds. The van der Waals surface area contributed by atoms with Crippen LogP contribution >= 0.6 is 27.7 Å². The Morgan fingerprint density at radius 2 is 2.31 bits per heavy atom. The van der Waals surface area contributed by atoms with Crippen molar-refractivity contribution in [2.45, 2.75) is 12.5 Å². The Morgan fingerprint density at radius 1 is 1.50 bits per heavy atom. The van der Waals surface area contributed by atoms with Crippen molar-refractivity contribution in [3.05, 3.63) is 28.7 Å². The first-order valence-electron chi connectivity index (χ1n) is 5.51. The van der Waals surface area contributed by atoms with Crippen LogP contribution in [0.4, 0.5) is 5.69 Å². The third-order valence-electron chi connectivity index (χ3n) is 2.95. The largest absolute Gasteiger partial charge is 0.394 e. The van der Waals surface area contributed by atoms with Crippen molar-refractivity contribution >= 4 is 33.4 Å². The molecular formula is C12H16BrNOS. The van der Waals surface area contributed by atoms with Crippen LogP contribution in [0.5, 0.6) is 0 Å². The number of hydrogen-bond donors (Lipinski definition) is 2. The fourth-order valence-corrected chi connectivity index (χ4v) is 3.70. The standard InChI is InChI=1S/C12H16BrNOS/c13-10-3-1-2-4-11(10)14-12(7-15)9-5-6-16-8-9/h1-4,9,12,14-15H,5-8H2. The first-order valence-corrected chi connectivity index (χ1v) is 7.45. The summed E-state index contributed by atoms with van der Waals surface area (Å²) >= 11 is 5.49. The van der Waals surface area contributed by atoms with Crippen molar-refractivity contribution < 1.29 is 5.11 Å². The van der Waals surface area contributed by atoms with Gasteiger partial charge in [-0.15, -0.1) is 0 Å². The molecule has 1 aromatic rings. The summed E-state index contributed by atoms with van der Waals surface area (Å²) in [7, 11) is 0. The van der Waals surface area contributed by atoms with E-state index in [1.54, 1.807) is 0 Å².